The highest BCUT2D eigenvalue weighted by Crippen LogP contribution is 2.17. The highest BCUT2D eigenvalue weighted by molar-refractivity contribution is 6.05. The van der Waals surface area contributed by atoms with Gasteiger partial charge in [0.15, 0.2) is 0 Å². The second-order valence-corrected chi connectivity index (χ2v) is 5.22. The van der Waals surface area contributed by atoms with Crippen molar-refractivity contribution in [1.29, 1.82) is 5.26 Å². The number of rotatable bonds is 4. The van der Waals surface area contributed by atoms with E-state index in [-0.39, 0.29) is 12.3 Å². The fourth-order valence-corrected chi connectivity index (χ4v) is 2.04. The maximum absolute atomic E-state index is 12.3. The first-order valence-corrected chi connectivity index (χ1v) is 7.15. The molecule has 0 aromatic heterocycles. The van der Waals surface area contributed by atoms with Gasteiger partial charge >= 0.3 is 0 Å². The van der Waals surface area contributed by atoms with Crippen molar-refractivity contribution in [2.45, 2.75) is 20.3 Å². The predicted octanol–water partition coefficient (Wildman–Crippen LogP) is 3.41. The molecule has 116 valence electrons. The number of nitriles is 1. The van der Waals surface area contributed by atoms with E-state index >= 15 is 0 Å². The Morgan fingerprint density at radius 3 is 2.43 bits per heavy atom. The lowest BCUT2D eigenvalue weighted by molar-refractivity contribution is -0.115. The third-order valence-electron chi connectivity index (χ3n) is 3.41. The van der Waals surface area contributed by atoms with Crippen LogP contribution >= 0.6 is 0 Å². The van der Waals surface area contributed by atoms with Crippen molar-refractivity contribution < 1.29 is 9.59 Å². The van der Waals surface area contributed by atoms with Gasteiger partial charge in [0, 0.05) is 16.9 Å². The Bertz CT molecular complexity index is 791. The minimum Gasteiger partial charge on any atom is -0.325 e. The highest BCUT2D eigenvalue weighted by Gasteiger charge is 2.09. The normalized spacial score (nSPS) is 9.78. The van der Waals surface area contributed by atoms with Crippen LogP contribution in [0, 0.1) is 25.2 Å². The molecule has 2 N–H and O–H groups in total. The lowest BCUT2D eigenvalue weighted by Gasteiger charge is -2.09. The van der Waals surface area contributed by atoms with Gasteiger partial charge in [-0.3, -0.25) is 9.59 Å². The molecule has 0 fully saturated rings. The summed E-state index contributed by atoms with van der Waals surface area (Å²) < 4.78 is 0. The first-order chi connectivity index (χ1) is 11.0. The molecule has 0 saturated carbocycles. The van der Waals surface area contributed by atoms with Crippen LogP contribution in [0.25, 0.3) is 0 Å². The average molecular weight is 307 g/mol. The van der Waals surface area contributed by atoms with Gasteiger partial charge in [-0.1, -0.05) is 12.1 Å². The van der Waals surface area contributed by atoms with Gasteiger partial charge in [-0.05, 0) is 55.3 Å². The second kappa shape index (κ2) is 7.23. The largest absolute Gasteiger partial charge is 0.325 e. The summed E-state index contributed by atoms with van der Waals surface area (Å²) in [4.78, 5) is 23.7. The number of nitrogens with zero attached hydrogens (tertiary/aromatic N) is 1. The number of carbonyl (C=O) groups is 2. The van der Waals surface area contributed by atoms with Crippen molar-refractivity contribution in [2.75, 3.05) is 10.6 Å². The number of hydrogen-bond donors (Lipinski definition) is 2. The molecular formula is C18H17N3O2. The third kappa shape index (κ3) is 4.42. The standard InChI is InChI=1S/C18H17N3O2/c1-12-6-7-16(10-13(12)2)21-18(23)14-4-3-5-15(11-14)20-17(22)8-9-19/h3-7,10-11H,8H2,1-2H3,(H,20,22)(H,21,23). The Morgan fingerprint density at radius 2 is 1.74 bits per heavy atom. The number of anilines is 2. The van der Waals surface area contributed by atoms with Gasteiger partial charge in [-0.15, -0.1) is 0 Å². The maximum Gasteiger partial charge on any atom is 0.255 e. The number of hydrogen-bond acceptors (Lipinski definition) is 3. The van der Waals surface area contributed by atoms with Gasteiger partial charge in [0.05, 0.1) is 6.07 Å². The predicted molar refractivity (Wildman–Crippen MR) is 89.2 cm³/mol. The van der Waals surface area contributed by atoms with Crippen molar-refractivity contribution in [1.82, 2.24) is 0 Å². The Balaban J connectivity index is 2.11. The second-order valence-electron chi connectivity index (χ2n) is 5.22. The lowest BCUT2D eigenvalue weighted by Crippen LogP contribution is -2.14. The molecule has 0 atom stereocenters. The first-order valence-electron chi connectivity index (χ1n) is 7.15. The SMILES string of the molecule is Cc1ccc(NC(=O)c2cccc(NC(=O)CC#N)c2)cc1C. The van der Waals surface area contributed by atoms with E-state index in [1.807, 2.05) is 32.0 Å². The Kier molecular flexibility index (Phi) is 5.11. The van der Waals surface area contributed by atoms with Gasteiger partial charge in [-0.2, -0.15) is 5.26 Å². The molecule has 2 rings (SSSR count). The van der Waals surface area contributed by atoms with Crippen LogP contribution in [0.4, 0.5) is 11.4 Å². The van der Waals surface area contributed by atoms with E-state index < -0.39 is 5.91 Å². The summed E-state index contributed by atoms with van der Waals surface area (Å²) in [6.07, 6.45) is -0.223. The van der Waals surface area contributed by atoms with Crippen LogP contribution in [0.15, 0.2) is 42.5 Å². The average Bonchev–Trinajstić information content (AvgIpc) is 2.51. The number of carbonyl (C=O) groups excluding carboxylic acids is 2. The quantitative estimate of drug-likeness (QED) is 0.908. The van der Waals surface area contributed by atoms with Crippen LogP contribution in [0.3, 0.4) is 0 Å². The van der Waals surface area contributed by atoms with Crippen LogP contribution in [0.5, 0.6) is 0 Å². The van der Waals surface area contributed by atoms with Crippen LogP contribution in [-0.4, -0.2) is 11.8 Å². The van der Waals surface area contributed by atoms with E-state index in [2.05, 4.69) is 10.6 Å². The molecule has 2 aromatic rings. The lowest BCUT2D eigenvalue weighted by atomic mass is 10.1. The van der Waals surface area contributed by atoms with Crippen LogP contribution in [0.2, 0.25) is 0 Å². The molecule has 2 amide bonds. The summed E-state index contributed by atoms with van der Waals surface area (Å²) in [5.41, 5.74) is 3.89. The molecule has 5 nitrogen and oxygen atoms in total. The minimum atomic E-state index is -0.404. The van der Waals surface area contributed by atoms with E-state index in [9.17, 15) is 9.59 Å². The van der Waals surface area contributed by atoms with Crippen LogP contribution < -0.4 is 10.6 Å². The fraction of sp³-hybridized carbons (Fsp3) is 0.167. The molecule has 0 saturated heterocycles. The van der Waals surface area contributed by atoms with Crippen molar-refractivity contribution in [3.63, 3.8) is 0 Å². The number of nitrogens with one attached hydrogen (secondary N) is 2. The molecule has 0 aliphatic carbocycles. The van der Waals surface area contributed by atoms with Crippen LogP contribution in [-0.2, 0) is 4.79 Å². The number of amides is 2. The number of aryl methyl sites for hydroxylation is 2. The molecule has 0 unspecified atom stereocenters. The van der Waals surface area contributed by atoms with E-state index in [1.54, 1.807) is 30.3 Å². The summed E-state index contributed by atoms with van der Waals surface area (Å²) in [5, 5.41) is 13.9. The monoisotopic (exact) mass is 307 g/mol. The van der Waals surface area contributed by atoms with E-state index in [0.717, 1.165) is 16.8 Å². The zero-order valence-corrected chi connectivity index (χ0v) is 13.0. The molecular weight excluding hydrogens is 290 g/mol. The summed E-state index contributed by atoms with van der Waals surface area (Å²) in [6, 6.07) is 14.1. The van der Waals surface area contributed by atoms with Crippen molar-refractivity contribution in [3.8, 4) is 6.07 Å². The molecule has 0 heterocycles. The molecule has 5 heteroatoms. The molecule has 2 aromatic carbocycles. The molecule has 23 heavy (non-hydrogen) atoms. The highest BCUT2D eigenvalue weighted by atomic mass is 16.2. The molecule has 0 aliphatic heterocycles. The van der Waals surface area contributed by atoms with Crippen molar-refractivity contribution >= 4 is 23.2 Å². The van der Waals surface area contributed by atoms with Gasteiger partial charge in [0.2, 0.25) is 5.91 Å². The van der Waals surface area contributed by atoms with Crippen molar-refractivity contribution in [2.24, 2.45) is 0 Å². The first kappa shape index (κ1) is 16.2. The smallest absolute Gasteiger partial charge is 0.255 e. The third-order valence-corrected chi connectivity index (χ3v) is 3.41. The zero-order chi connectivity index (χ0) is 16.8. The van der Waals surface area contributed by atoms with Gasteiger partial charge < -0.3 is 10.6 Å². The maximum atomic E-state index is 12.3. The van der Waals surface area contributed by atoms with Gasteiger partial charge in [-0.25, -0.2) is 0 Å². The Labute approximate surface area is 134 Å². The molecule has 0 aliphatic rings. The Hall–Kier alpha value is -3.13. The fourth-order valence-electron chi connectivity index (χ4n) is 2.04. The van der Waals surface area contributed by atoms with Crippen molar-refractivity contribution in [3.05, 3.63) is 59.2 Å². The summed E-state index contributed by atoms with van der Waals surface area (Å²) in [7, 11) is 0. The van der Waals surface area contributed by atoms with E-state index in [4.69, 9.17) is 5.26 Å². The Morgan fingerprint density at radius 1 is 1.00 bits per heavy atom. The van der Waals surface area contributed by atoms with Gasteiger partial charge in [0.1, 0.15) is 6.42 Å². The summed E-state index contributed by atoms with van der Waals surface area (Å²) in [5.74, 6) is -0.663. The van der Waals surface area contributed by atoms with Crippen LogP contribution in [0.1, 0.15) is 27.9 Å². The molecule has 0 bridgehead atoms. The topological polar surface area (TPSA) is 82.0 Å². The minimum absolute atomic E-state index is 0.223. The number of benzene rings is 2. The summed E-state index contributed by atoms with van der Waals surface area (Å²) in [6.45, 7) is 3.99. The zero-order valence-electron chi connectivity index (χ0n) is 13.0. The summed E-state index contributed by atoms with van der Waals surface area (Å²) >= 11 is 0. The molecule has 0 spiro atoms. The molecule has 0 radical (unpaired) electrons. The van der Waals surface area contributed by atoms with Gasteiger partial charge in [0.25, 0.3) is 5.91 Å². The van der Waals surface area contributed by atoms with E-state index in [0.29, 0.717) is 11.3 Å². The van der Waals surface area contributed by atoms with E-state index in [1.165, 1.54) is 0 Å².